The van der Waals surface area contributed by atoms with Gasteiger partial charge in [-0.25, -0.2) is 0 Å². The summed E-state index contributed by atoms with van der Waals surface area (Å²) in [7, 11) is 1.70. The number of carbonyl (C=O) groups excluding carboxylic acids is 2. The number of nitrogens with one attached hydrogen (secondary N) is 1. The Hall–Kier alpha value is -1.10. The van der Waals surface area contributed by atoms with Crippen molar-refractivity contribution in [3.05, 3.63) is 0 Å². The molecule has 0 aromatic heterocycles. The van der Waals surface area contributed by atoms with Crippen LogP contribution in [0.1, 0.15) is 20.8 Å². The average Bonchev–Trinajstić information content (AvgIpc) is 2.36. The average molecular weight is 241 g/mol. The smallest absolute Gasteiger partial charge is 0.312 e. The van der Waals surface area contributed by atoms with E-state index in [9.17, 15) is 9.59 Å². The maximum absolute atomic E-state index is 12.0. The van der Waals surface area contributed by atoms with Crippen molar-refractivity contribution in [1.82, 2.24) is 15.1 Å². The highest BCUT2D eigenvalue weighted by molar-refractivity contribution is 6.34. The molecule has 0 saturated carbocycles. The summed E-state index contributed by atoms with van der Waals surface area (Å²) in [5, 5.41) is 3.16. The molecule has 1 unspecified atom stereocenters. The molecular formula is C12H23N3O2. The number of carbonyl (C=O) groups is 2. The Morgan fingerprint density at radius 3 is 2.18 bits per heavy atom. The second-order valence-electron chi connectivity index (χ2n) is 4.94. The molecule has 1 rings (SSSR count). The first-order chi connectivity index (χ1) is 7.95. The largest absolute Gasteiger partial charge is 0.335 e. The van der Waals surface area contributed by atoms with Gasteiger partial charge in [0.15, 0.2) is 0 Å². The molecule has 0 aromatic rings. The van der Waals surface area contributed by atoms with E-state index in [0.717, 1.165) is 13.1 Å². The third-order valence-corrected chi connectivity index (χ3v) is 3.48. The predicted molar refractivity (Wildman–Crippen MR) is 66.5 cm³/mol. The van der Waals surface area contributed by atoms with Crippen LogP contribution in [0.4, 0.5) is 0 Å². The number of likely N-dealkylation sites (N-methyl/N-ethyl adjacent to an activating group) is 1. The Kier molecular flexibility index (Phi) is 4.93. The highest BCUT2D eigenvalue weighted by Crippen LogP contribution is 2.09. The Morgan fingerprint density at radius 2 is 1.71 bits per heavy atom. The summed E-state index contributed by atoms with van der Waals surface area (Å²) in [5.41, 5.74) is 0. The van der Waals surface area contributed by atoms with E-state index >= 15 is 0 Å². The van der Waals surface area contributed by atoms with E-state index in [2.05, 4.69) is 5.32 Å². The highest BCUT2D eigenvalue weighted by atomic mass is 16.2. The second-order valence-corrected chi connectivity index (χ2v) is 4.94. The molecule has 98 valence electrons. The van der Waals surface area contributed by atoms with E-state index in [4.69, 9.17) is 0 Å². The molecular weight excluding hydrogens is 218 g/mol. The molecule has 1 N–H and O–H groups in total. The van der Waals surface area contributed by atoms with Crippen molar-refractivity contribution in [3.8, 4) is 0 Å². The lowest BCUT2D eigenvalue weighted by Crippen LogP contribution is -2.53. The molecule has 1 aliphatic rings. The zero-order valence-electron chi connectivity index (χ0n) is 11.2. The van der Waals surface area contributed by atoms with Gasteiger partial charge in [-0.05, 0) is 12.8 Å². The van der Waals surface area contributed by atoms with E-state index in [0.29, 0.717) is 19.0 Å². The summed E-state index contributed by atoms with van der Waals surface area (Å²) < 4.78 is 0. The molecule has 1 fully saturated rings. The van der Waals surface area contributed by atoms with Gasteiger partial charge in [0.2, 0.25) is 0 Å². The number of amides is 2. The fourth-order valence-electron chi connectivity index (χ4n) is 1.79. The van der Waals surface area contributed by atoms with Crippen LogP contribution in [0.5, 0.6) is 0 Å². The number of piperazine rings is 1. The molecule has 1 atom stereocenters. The van der Waals surface area contributed by atoms with Crippen LogP contribution >= 0.6 is 0 Å². The fraction of sp³-hybridized carbons (Fsp3) is 0.833. The Balaban J connectivity index is 2.59. The lowest BCUT2D eigenvalue weighted by Gasteiger charge is -2.31. The molecule has 17 heavy (non-hydrogen) atoms. The Morgan fingerprint density at radius 1 is 1.18 bits per heavy atom. The van der Waals surface area contributed by atoms with Gasteiger partial charge in [-0.15, -0.1) is 0 Å². The summed E-state index contributed by atoms with van der Waals surface area (Å²) in [5.74, 6) is -0.422. The SMILES string of the molecule is CC(C)C(C)N(C)C(=O)C(=O)N1CCNCC1. The molecule has 0 bridgehead atoms. The quantitative estimate of drug-likeness (QED) is 0.688. The number of hydrogen-bond acceptors (Lipinski definition) is 3. The summed E-state index contributed by atoms with van der Waals surface area (Å²) in [6.07, 6.45) is 0. The third kappa shape index (κ3) is 3.43. The maximum Gasteiger partial charge on any atom is 0.312 e. The number of hydrogen-bond donors (Lipinski definition) is 1. The molecule has 1 saturated heterocycles. The lowest BCUT2D eigenvalue weighted by atomic mass is 10.1. The van der Waals surface area contributed by atoms with Crippen molar-refractivity contribution in [2.75, 3.05) is 33.2 Å². The predicted octanol–water partition coefficient (Wildman–Crippen LogP) is -0.0789. The monoisotopic (exact) mass is 241 g/mol. The summed E-state index contributed by atoms with van der Waals surface area (Å²) in [4.78, 5) is 27.2. The zero-order valence-corrected chi connectivity index (χ0v) is 11.2. The normalized spacial score (nSPS) is 18.1. The van der Waals surface area contributed by atoms with Crippen molar-refractivity contribution < 1.29 is 9.59 Å². The molecule has 1 heterocycles. The summed E-state index contributed by atoms with van der Waals surface area (Å²) in [6.45, 7) is 8.83. The van der Waals surface area contributed by atoms with Crippen LogP contribution < -0.4 is 5.32 Å². The van der Waals surface area contributed by atoms with Crippen LogP contribution in [0.3, 0.4) is 0 Å². The van der Waals surface area contributed by atoms with Gasteiger partial charge in [-0.3, -0.25) is 9.59 Å². The minimum Gasteiger partial charge on any atom is -0.335 e. The highest BCUT2D eigenvalue weighted by Gasteiger charge is 2.29. The first kappa shape index (κ1) is 14.0. The van der Waals surface area contributed by atoms with E-state index in [1.54, 1.807) is 16.8 Å². The van der Waals surface area contributed by atoms with E-state index in [1.807, 2.05) is 20.8 Å². The van der Waals surface area contributed by atoms with Crippen LogP contribution in [-0.2, 0) is 9.59 Å². The third-order valence-electron chi connectivity index (χ3n) is 3.48. The molecule has 1 aliphatic heterocycles. The van der Waals surface area contributed by atoms with E-state index in [1.165, 1.54) is 0 Å². The van der Waals surface area contributed by atoms with Gasteiger partial charge in [0, 0.05) is 39.3 Å². The molecule has 5 nitrogen and oxygen atoms in total. The molecule has 0 aromatic carbocycles. The summed E-state index contributed by atoms with van der Waals surface area (Å²) in [6, 6.07) is 0.0781. The van der Waals surface area contributed by atoms with E-state index < -0.39 is 5.91 Å². The van der Waals surface area contributed by atoms with Gasteiger partial charge in [0.25, 0.3) is 0 Å². The minimum atomic E-state index is -0.395. The first-order valence-corrected chi connectivity index (χ1v) is 6.22. The zero-order chi connectivity index (χ0) is 13.0. The molecule has 0 radical (unpaired) electrons. The Labute approximate surface area is 103 Å². The Bertz CT molecular complexity index is 285. The summed E-state index contributed by atoms with van der Waals surface area (Å²) >= 11 is 0. The first-order valence-electron chi connectivity index (χ1n) is 6.22. The maximum atomic E-state index is 12.0. The minimum absolute atomic E-state index is 0.0781. The van der Waals surface area contributed by atoms with Crippen LogP contribution in [0.25, 0.3) is 0 Å². The molecule has 0 spiro atoms. The van der Waals surface area contributed by atoms with Gasteiger partial charge in [-0.2, -0.15) is 0 Å². The van der Waals surface area contributed by atoms with Crippen molar-refractivity contribution in [3.63, 3.8) is 0 Å². The number of rotatable bonds is 2. The van der Waals surface area contributed by atoms with Crippen molar-refractivity contribution >= 4 is 11.8 Å². The fourth-order valence-corrected chi connectivity index (χ4v) is 1.79. The van der Waals surface area contributed by atoms with Crippen molar-refractivity contribution in [1.29, 1.82) is 0 Å². The van der Waals surface area contributed by atoms with Crippen LogP contribution in [0, 0.1) is 5.92 Å². The van der Waals surface area contributed by atoms with Gasteiger partial charge < -0.3 is 15.1 Å². The number of nitrogens with zero attached hydrogens (tertiary/aromatic N) is 2. The molecule has 0 aliphatic carbocycles. The van der Waals surface area contributed by atoms with Crippen molar-refractivity contribution in [2.45, 2.75) is 26.8 Å². The van der Waals surface area contributed by atoms with Gasteiger partial charge in [0.05, 0.1) is 0 Å². The topological polar surface area (TPSA) is 52.7 Å². The van der Waals surface area contributed by atoms with Crippen LogP contribution in [-0.4, -0.2) is 60.9 Å². The van der Waals surface area contributed by atoms with Crippen LogP contribution in [0.15, 0.2) is 0 Å². The molecule has 2 amide bonds. The standard InChI is InChI=1S/C12H23N3O2/c1-9(2)10(3)14(4)11(16)12(17)15-7-5-13-6-8-15/h9-10,13H,5-8H2,1-4H3. The van der Waals surface area contributed by atoms with E-state index in [-0.39, 0.29) is 11.9 Å². The van der Waals surface area contributed by atoms with Crippen LogP contribution in [0.2, 0.25) is 0 Å². The lowest BCUT2D eigenvalue weighted by molar-refractivity contribution is -0.152. The van der Waals surface area contributed by atoms with Gasteiger partial charge in [0.1, 0.15) is 0 Å². The molecule has 5 heteroatoms. The second kappa shape index (κ2) is 6.00. The van der Waals surface area contributed by atoms with Gasteiger partial charge in [-0.1, -0.05) is 13.8 Å². The van der Waals surface area contributed by atoms with Gasteiger partial charge >= 0.3 is 11.8 Å². The van der Waals surface area contributed by atoms with Crippen molar-refractivity contribution in [2.24, 2.45) is 5.92 Å².